The summed E-state index contributed by atoms with van der Waals surface area (Å²) in [6, 6.07) is 14.8. The van der Waals surface area contributed by atoms with Crippen molar-refractivity contribution in [2.45, 2.75) is 58.0 Å². The third-order valence-corrected chi connectivity index (χ3v) is 6.07. The number of carbonyl (C=O) groups is 3. The van der Waals surface area contributed by atoms with Crippen LogP contribution in [0.2, 0.25) is 0 Å². The minimum Gasteiger partial charge on any atom is -0.480 e. The van der Waals surface area contributed by atoms with Crippen molar-refractivity contribution < 1.29 is 24.2 Å². The highest BCUT2D eigenvalue weighted by Crippen LogP contribution is 2.44. The van der Waals surface area contributed by atoms with E-state index in [1.54, 1.807) is 0 Å². The van der Waals surface area contributed by atoms with Gasteiger partial charge in [0, 0.05) is 18.4 Å². The van der Waals surface area contributed by atoms with E-state index in [9.17, 15) is 19.5 Å². The molecule has 0 aromatic heterocycles. The Balaban J connectivity index is 1.60. The van der Waals surface area contributed by atoms with Crippen molar-refractivity contribution in [3.63, 3.8) is 0 Å². The van der Waals surface area contributed by atoms with Crippen LogP contribution in [0.4, 0.5) is 4.79 Å². The summed E-state index contributed by atoms with van der Waals surface area (Å²) in [5.41, 5.74) is 4.56. The van der Waals surface area contributed by atoms with E-state index < -0.39 is 30.1 Å². The van der Waals surface area contributed by atoms with Gasteiger partial charge in [0.2, 0.25) is 5.91 Å². The van der Waals surface area contributed by atoms with Crippen LogP contribution in [0.25, 0.3) is 11.1 Å². The topological polar surface area (TPSA) is 105 Å². The number of rotatable bonds is 10. The maximum Gasteiger partial charge on any atom is 0.407 e. The summed E-state index contributed by atoms with van der Waals surface area (Å²) in [6.07, 6.45) is 0.387. The van der Waals surface area contributed by atoms with Gasteiger partial charge < -0.3 is 20.5 Å². The van der Waals surface area contributed by atoms with E-state index in [0.29, 0.717) is 12.8 Å². The fourth-order valence-electron chi connectivity index (χ4n) is 4.24. The predicted octanol–water partition coefficient (Wildman–Crippen LogP) is 4.31. The maximum atomic E-state index is 12.6. The minimum atomic E-state index is -1.06. The Labute approximate surface area is 194 Å². The second-order valence-electron chi connectivity index (χ2n) is 8.77. The van der Waals surface area contributed by atoms with Gasteiger partial charge in [-0.05, 0) is 34.6 Å². The van der Waals surface area contributed by atoms with Crippen LogP contribution < -0.4 is 10.6 Å². The van der Waals surface area contributed by atoms with Gasteiger partial charge >= 0.3 is 12.1 Å². The number of nitrogens with one attached hydrogen (secondary N) is 2. The van der Waals surface area contributed by atoms with Crippen LogP contribution in [-0.4, -0.2) is 41.8 Å². The molecule has 0 spiro atoms. The lowest BCUT2D eigenvalue weighted by Crippen LogP contribution is -2.46. The summed E-state index contributed by atoms with van der Waals surface area (Å²) in [7, 11) is 0. The molecule has 0 radical (unpaired) electrons. The normalized spacial score (nSPS) is 14.2. The molecular weight excluding hydrogens is 420 g/mol. The monoisotopic (exact) mass is 452 g/mol. The van der Waals surface area contributed by atoms with Crippen LogP contribution in [0.15, 0.2) is 48.5 Å². The zero-order valence-electron chi connectivity index (χ0n) is 19.3. The van der Waals surface area contributed by atoms with Crippen LogP contribution in [0.5, 0.6) is 0 Å². The molecule has 7 nitrogen and oxygen atoms in total. The number of hydrogen-bond donors (Lipinski definition) is 3. The standard InChI is InChI=1S/C26H32N2O5/c1-4-9-22(25(30)31)27-24(29)14-23(16(2)3)28-26(32)33-15-21-19-12-7-5-10-17(19)18-11-6-8-13-20(18)21/h5-8,10-13,16,21-23H,4,9,14-15H2,1-3H3,(H,27,29)(H,28,32)(H,30,31)/t22-,23-/m0/s1. The highest BCUT2D eigenvalue weighted by atomic mass is 16.5. The average molecular weight is 453 g/mol. The van der Waals surface area contributed by atoms with Crippen molar-refractivity contribution in [2.24, 2.45) is 5.92 Å². The Morgan fingerprint density at radius 3 is 2.06 bits per heavy atom. The third kappa shape index (κ3) is 5.92. The van der Waals surface area contributed by atoms with Crippen molar-refractivity contribution in [2.75, 3.05) is 6.61 Å². The molecule has 3 N–H and O–H groups in total. The average Bonchev–Trinajstić information content (AvgIpc) is 3.10. The van der Waals surface area contributed by atoms with Gasteiger partial charge in [-0.3, -0.25) is 4.79 Å². The summed E-state index contributed by atoms with van der Waals surface area (Å²) in [6.45, 7) is 5.83. The van der Waals surface area contributed by atoms with Crippen molar-refractivity contribution >= 4 is 18.0 Å². The second-order valence-corrected chi connectivity index (χ2v) is 8.77. The van der Waals surface area contributed by atoms with E-state index in [1.165, 1.54) is 0 Å². The van der Waals surface area contributed by atoms with E-state index in [1.807, 2.05) is 45.0 Å². The number of carboxylic acids is 1. The van der Waals surface area contributed by atoms with Crippen LogP contribution in [-0.2, 0) is 14.3 Å². The molecular formula is C26H32N2O5. The molecule has 0 aliphatic heterocycles. The Bertz CT molecular complexity index is 958. The summed E-state index contributed by atoms with van der Waals surface area (Å²) in [5.74, 6) is -1.55. The number of hydrogen-bond acceptors (Lipinski definition) is 4. The molecule has 3 rings (SSSR count). The molecule has 2 atom stereocenters. The number of fused-ring (bicyclic) bond motifs is 3. The molecule has 0 fully saturated rings. The quantitative estimate of drug-likeness (QED) is 0.498. The second kappa shape index (κ2) is 11.0. The molecule has 2 aromatic rings. The van der Waals surface area contributed by atoms with Crippen LogP contribution >= 0.6 is 0 Å². The van der Waals surface area contributed by atoms with Gasteiger partial charge in [-0.15, -0.1) is 0 Å². The van der Waals surface area contributed by atoms with E-state index in [0.717, 1.165) is 22.3 Å². The fraction of sp³-hybridized carbons (Fsp3) is 0.423. The van der Waals surface area contributed by atoms with Gasteiger partial charge in [-0.25, -0.2) is 9.59 Å². The summed E-state index contributed by atoms with van der Waals surface area (Å²) in [5, 5.41) is 14.6. The smallest absolute Gasteiger partial charge is 0.407 e. The van der Waals surface area contributed by atoms with Crippen LogP contribution in [0, 0.1) is 5.92 Å². The summed E-state index contributed by atoms with van der Waals surface area (Å²) in [4.78, 5) is 36.3. The number of aliphatic carboxylic acids is 1. The molecule has 0 bridgehead atoms. The lowest BCUT2D eigenvalue weighted by atomic mass is 9.98. The van der Waals surface area contributed by atoms with Crippen molar-refractivity contribution in [3.05, 3.63) is 59.7 Å². The first-order chi connectivity index (χ1) is 15.8. The predicted molar refractivity (Wildman–Crippen MR) is 126 cm³/mol. The van der Waals surface area contributed by atoms with Gasteiger partial charge in [0.1, 0.15) is 12.6 Å². The molecule has 0 heterocycles. The Morgan fingerprint density at radius 2 is 1.55 bits per heavy atom. The van der Waals surface area contributed by atoms with Gasteiger partial charge in [0.25, 0.3) is 0 Å². The highest BCUT2D eigenvalue weighted by molar-refractivity contribution is 5.84. The molecule has 0 unspecified atom stereocenters. The van der Waals surface area contributed by atoms with Crippen molar-refractivity contribution in [1.29, 1.82) is 0 Å². The lowest BCUT2D eigenvalue weighted by molar-refractivity contribution is -0.142. The SMILES string of the molecule is CCC[C@H](NC(=O)C[C@H](NC(=O)OCC1c2ccccc2-c2ccccc21)C(C)C)C(=O)O. The van der Waals surface area contributed by atoms with Crippen LogP contribution in [0.1, 0.15) is 57.1 Å². The molecule has 2 aromatic carbocycles. The zero-order valence-corrected chi connectivity index (χ0v) is 19.3. The van der Waals surface area contributed by atoms with Crippen LogP contribution in [0.3, 0.4) is 0 Å². The first kappa shape index (κ1) is 24.3. The molecule has 0 saturated heterocycles. The number of alkyl carbamates (subject to hydrolysis) is 1. The third-order valence-electron chi connectivity index (χ3n) is 6.07. The van der Waals surface area contributed by atoms with Crippen molar-refractivity contribution in [1.82, 2.24) is 10.6 Å². The summed E-state index contributed by atoms with van der Waals surface area (Å²) >= 11 is 0. The van der Waals surface area contributed by atoms with Gasteiger partial charge in [0.05, 0.1) is 0 Å². The summed E-state index contributed by atoms with van der Waals surface area (Å²) < 4.78 is 5.58. The minimum absolute atomic E-state index is 0.0185. The highest BCUT2D eigenvalue weighted by Gasteiger charge is 2.30. The molecule has 1 aliphatic carbocycles. The molecule has 1 aliphatic rings. The number of ether oxygens (including phenoxy) is 1. The first-order valence-electron chi connectivity index (χ1n) is 11.5. The van der Waals surface area contributed by atoms with E-state index in [2.05, 4.69) is 34.9 Å². The van der Waals surface area contributed by atoms with Gasteiger partial charge in [-0.2, -0.15) is 0 Å². The van der Waals surface area contributed by atoms with E-state index >= 15 is 0 Å². The zero-order chi connectivity index (χ0) is 24.0. The number of carboxylic acid groups (broad SMARTS) is 1. The van der Waals surface area contributed by atoms with E-state index in [4.69, 9.17) is 4.74 Å². The largest absolute Gasteiger partial charge is 0.480 e. The fourth-order valence-corrected chi connectivity index (χ4v) is 4.24. The van der Waals surface area contributed by atoms with Crippen molar-refractivity contribution in [3.8, 4) is 11.1 Å². The Morgan fingerprint density at radius 1 is 0.970 bits per heavy atom. The number of amides is 2. The maximum absolute atomic E-state index is 12.6. The number of benzene rings is 2. The molecule has 0 saturated carbocycles. The first-order valence-corrected chi connectivity index (χ1v) is 11.5. The van der Waals surface area contributed by atoms with Gasteiger partial charge in [-0.1, -0.05) is 75.7 Å². The molecule has 7 heteroatoms. The van der Waals surface area contributed by atoms with E-state index in [-0.39, 0.29) is 24.9 Å². The number of carbonyl (C=O) groups excluding carboxylic acids is 2. The Kier molecular flexibility index (Phi) is 8.09. The Hall–Kier alpha value is -3.35. The lowest BCUT2D eigenvalue weighted by Gasteiger charge is -2.23. The molecule has 176 valence electrons. The molecule has 2 amide bonds. The molecule has 33 heavy (non-hydrogen) atoms. The van der Waals surface area contributed by atoms with Gasteiger partial charge in [0.15, 0.2) is 0 Å².